The largest absolute Gasteiger partial charge is 0.464 e. The van der Waals surface area contributed by atoms with Gasteiger partial charge in [0.15, 0.2) is 6.10 Å². The van der Waals surface area contributed by atoms with Crippen molar-refractivity contribution in [1.82, 2.24) is 4.98 Å². The normalized spacial score (nSPS) is 14.2. The second-order valence-electron chi connectivity index (χ2n) is 3.17. The van der Waals surface area contributed by atoms with Crippen molar-refractivity contribution in [2.45, 2.75) is 19.1 Å². The third kappa shape index (κ3) is 3.36. The molecule has 1 aromatic rings. The first kappa shape index (κ1) is 13.8. The minimum absolute atomic E-state index is 0.0535. The van der Waals surface area contributed by atoms with Gasteiger partial charge in [0, 0.05) is 17.8 Å². The fourth-order valence-electron chi connectivity index (χ4n) is 1.18. The summed E-state index contributed by atoms with van der Waals surface area (Å²) in [6.07, 6.45) is -2.51. The molecule has 0 saturated heterocycles. The lowest BCUT2D eigenvalue weighted by Gasteiger charge is -2.17. The second kappa shape index (κ2) is 5.90. The Labute approximate surface area is 102 Å². The van der Waals surface area contributed by atoms with Crippen LogP contribution in [-0.2, 0) is 9.53 Å². The zero-order valence-electron chi connectivity index (χ0n) is 8.93. The predicted molar refractivity (Wildman–Crippen MR) is 56.8 cm³/mol. The quantitative estimate of drug-likeness (QED) is 0.621. The molecule has 0 fully saturated rings. The van der Waals surface area contributed by atoms with Crippen LogP contribution < -0.4 is 0 Å². The number of carbonyl (C=O) groups excluding carboxylic acids is 1. The summed E-state index contributed by atoms with van der Waals surface area (Å²) in [4.78, 5) is 14.4. The van der Waals surface area contributed by atoms with Crippen LogP contribution >= 0.6 is 11.6 Å². The number of halogens is 2. The number of nitrogens with zero attached hydrogens (tertiary/aromatic N) is 1. The zero-order valence-corrected chi connectivity index (χ0v) is 9.69. The fraction of sp³-hybridized carbons (Fsp3) is 0.400. The first-order valence-corrected chi connectivity index (χ1v) is 5.18. The van der Waals surface area contributed by atoms with E-state index in [0.29, 0.717) is 0 Å². The van der Waals surface area contributed by atoms with E-state index >= 15 is 0 Å². The summed E-state index contributed by atoms with van der Waals surface area (Å²) in [7, 11) is 0. The lowest BCUT2D eigenvalue weighted by molar-refractivity contribution is -0.159. The molecule has 2 unspecified atom stereocenters. The molecule has 1 heterocycles. The predicted octanol–water partition coefficient (Wildman–Crippen LogP) is 0.831. The van der Waals surface area contributed by atoms with E-state index in [1.54, 1.807) is 6.92 Å². The highest BCUT2D eigenvalue weighted by atomic mass is 35.5. The maximum Gasteiger partial charge on any atom is 0.338 e. The van der Waals surface area contributed by atoms with Crippen LogP contribution in [0.1, 0.15) is 18.6 Å². The van der Waals surface area contributed by atoms with Gasteiger partial charge in [-0.3, -0.25) is 0 Å². The molecule has 0 spiro atoms. The SMILES string of the molecule is CCOC(=O)C(O)C(O)c1cc(F)ncc1Cl. The summed E-state index contributed by atoms with van der Waals surface area (Å²) in [6.45, 7) is 1.61. The van der Waals surface area contributed by atoms with Crippen LogP contribution in [0.25, 0.3) is 0 Å². The molecule has 5 nitrogen and oxygen atoms in total. The molecule has 2 N–H and O–H groups in total. The number of esters is 1. The number of rotatable bonds is 4. The number of carbonyl (C=O) groups is 1. The van der Waals surface area contributed by atoms with Crippen LogP contribution in [0.3, 0.4) is 0 Å². The molecule has 0 radical (unpaired) electrons. The maximum atomic E-state index is 12.8. The summed E-state index contributed by atoms with van der Waals surface area (Å²) >= 11 is 5.66. The highest BCUT2D eigenvalue weighted by molar-refractivity contribution is 6.31. The fourth-order valence-corrected chi connectivity index (χ4v) is 1.40. The van der Waals surface area contributed by atoms with Crippen molar-refractivity contribution in [3.63, 3.8) is 0 Å². The molecule has 94 valence electrons. The first-order valence-electron chi connectivity index (χ1n) is 4.81. The van der Waals surface area contributed by atoms with Crippen molar-refractivity contribution < 1.29 is 24.1 Å². The summed E-state index contributed by atoms with van der Waals surface area (Å²) in [5.41, 5.74) is -0.125. The van der Waals surface area contributed by atoms with Gasteiger partial charge in [0.25, 0.3) is 0 Å². The smallest absolute Gasteiger partial charge is 0.338 e. The Morgan fingerprint density at radius 2 is 2.29 bits per heavy atom. The number of aliphatic hydroxyl groups is 2. The molecular weight excluding hydrogens is 253 g/mol. The topological polar surface area (TPSA) is 79.7 Å². The number of ether oxygens (including phenoxy) is 1. The van der Waals surface area contributed by atoms with Crippen LogP contribution in [0.5, 0.6) is 0 Å². The van der Waals surface area contributed by atoms with Crippen molar-refractivity contribution >= 4 is 17.6 Å². The minimum Gasteiger partial charge on any atom is -0.464 e. The van der Waals surface area contributed by atoms with Crippen molar-refractivity contribution in [3.05, 3.63) is 28.8 Å². The lowest BCUT2D eigenvalue weighted by atomic mass is 10.1. The van der Waals surface area contributed by atoms with Crippen LogP contribution in [0, 0.1) is 5.95 Å². The van der Waals surface area contributed by atoms with E-state index in [1.807, 2.05) is 0 Å². The molecule has 0 aliphatic carbocycles. The van der Waals surface area contributed by atoms with Crippen LogP contribution in [-0.4, -0.2) is 33.9 Å². The van der Waals surface area contributed by atoms with E-state index in [0.717, 1.165) is 12.3 Å². The third-order valence-electron chi connectivity index (χ3n) is 2.00. The molecular formula is C10H11ClFNO4. The standard InChI is InChI=1S/C10H11ClFNO4/c1-2-17-10(16)9(15)8(14)5-3-7(12)13-4-6(5)11/h3-4,8-9,14-15H,2H2,1H3. The highest BCUT2D eigenvalue weighted by Gasteiger charge is 2.28. The summed E-state index contributed by atoms with van der Waals surface area (Å²) in [6, 6.07) is 0.843. The molecule has 2 atom stereocenters. The number of aliphatic hydroxyl groups excluding tert-OH is 2. The molecule has 0 aliphatic heterocycles. The van der Waals surface area contributed by atoms with Crippen molar-refractivity contribution in [3.8, 4) is 0 Å². The maximum absolute atomic E-state index is 12.8. The van der Waals surface area contributed by atoms with Crippen molar-refractivity contribution in [2.24, 2.45) is 0 Å². The Hall–Kier alpha value is -1.24. The van der Waals surface area contributed by atoms with E-state index in [1.165, 1.54) is 0 Å². The van der Waals surface area contributed by atoms with Crippen molar-refractivity contribution in [1.29, 1.82) is 0 Å². The van der Waals surface area contributed by atoms with E-state index in [2.05, 4.69) is 9.72 Å². The first-order chi connectivity index (χ1) is 7.97. The van der Waals surface area contributed by atoms with Gasteiger partial charge in [-0.1, -0.05) is 11.6 Å². The van der Waals surface area contributed by atoms with Gasteiger partial charge in [-0.15, -0.1) is 0 Å². The van der Waals surface area contributed by atoms with E-state index in [-0.39, 0.29) is 17.2 Å². The molecule has 0 amide bonds. The average molecular weight is 264 g/mol. The molecule has 1 aromatic heterocycles. The van der Waals surface area contributed by atoms with Crippen LogP contribution in [0.15, 0.2) is 12.3 Å². The van der Waals surface area contributed by atoms with Gasteiger partial charge < -0.3 is 14.9 Å². The lowest BCUT2D eigenvalue weighted by Crippen LogP contribution is -2.30. The monoisotopic (exact) mass is 263 g/mol. The molecule has 0 aromatic carbocycles. The number of hydrogen-bond donors (Lipinski definition) is 2. The Kier molecular flexibility index (Phi) is 4.80. The Morgan fingerprint density at radius 1 is 1.65 bits per heavy atom. The molecule has 0 aliphatic rings. The van der Waals surface area contributed by atoms with Gasteiger partial charge >= 0.3 is 5.97 Å². The Morgan fingerprint density at radius 3 is 2.88 bits per heavy atom. The minimum atomic E-state index is -1.82. The number of pyridine rings is 1. The zero-order chi connectivity index (χ0) is 13.0. The summed E-state index contributed by atoms with van der Waals surface area (Å²) in [5.74, 6) is -1.88. The Balaban J connectivity index is 2.91. The second-order valence-corrected chi connectivity index (χ2v) is 3.58. The molecule has 17 heavy (non-hydrogen) atoms. The molecule has 0 saturated carbocycles. The van der Waals surface area contributed by atoms with Gasteiger partial charge in [-0.2, -0.15) is 4.39 Å². The number of aromatic nitrogens is 1. The Bertz CT molecular complexity index is 415. The van der Waals surface area contributed by atoms with Gasteiger partial charge in [0.1, 0.15) is 6.10 Å². The average Bonchev–Trinajstić information content (AvgIpc) is 2.30. The summed E-state index contributed by atoms with van der Waals surface area (Å²) < 4.78 is 17.4. The molecule has 0 bridgehead atoms. The van der Waals surface area contributed by atoms with Gasteiger partial charge in [-0.25, -0.2) is 9.78 Å². The highest BCUT2D eigenvalue weighted by Crippen LogP contribution is 2.25. The molecule has 7 heteroatoms. The van der Waals surface area contributed by atoms with E-state index in [9.17, 15) is 19.4 Å². The van der Waals surface area contributed by atoms with E-state index < -0.39 is 24.1 Å². The van der Waals surface area contributed by atoms with E-state index in [4.69, 9.17) is 11.6 Å². The molecule has 1 rings (SSSR count). The van der Waals surface area contributed by atoms with Crippen molar-refractivity contribution in [2.75, 3.05) is 6.61 Å². The third-order valence-corrected chi connectivity index (χ3v) is 2.31. The summed E-state index contributed by atoms with van der Waals surface area (Å²) in [5, 5.41) is 19.1. The van der Waals surface area contributed by atoms with Gasteiger partial charge in [-0.05, 0) is 6.92 Å². The van der Waals surface area contributed by atoms with Crippen LogP contribution in [0.2, 0.25) is 5.02 Å². The number of hydrogen-bond acceptors (Lipinski definition) is 5. The van der Waals surface area contributed by atoms with Crippen LogP contribution in [0.4, 0.5) is 4.39 Å². The van der Waals surface area contributed by atoms with Gasteiger partial charge in [0.2, 0.25) is 5.95 Å². The van der Waals surface area contributed by atoms with Gasteiger partial charge in [0.05, 0.1) is 11.6 Å².